The van der Waals surface area contributed by atoms with Crippen LogP contribution in [-0.2, 0) is 6.61 Å². The summed E-state index contributed by atoms with van der Waals surface area (Å²) in [5.74, 6) is 1.94. The van der Waals surface area contributed by atoms with Crippen molar-refractivity contribution in [3.63, 3.8) is 0 Å². The summed E-state index contributed by atoms with van der Waals surface area (Å²) >= 11 is 22.7. The normalized spacial score (nSPS) is 20.5. The minimum atomic E-state index is 0.106. The molecule has 0 unspecified atom stereocenters. The molecule has 5 rings (SSSR count). The molecule has 3 atom stereocenters. The van der Waals surface area contributed by atoms with Gasteiger partial charge in [-0.25, -0.2) is 0 Å². The van der Waals surface area contributed by atoms with Crippen molar-refractivity contribution in [3.05, 3.63) is 96.4 Å². The zero-order valence-electron chi connectivity index (χ0n) is 18.7. The third kappa shape index (κ3) is 4.30. The highest BCUT2D eigenvalue weighted by Gasteiger charge is 2.40. The van der Waals surface area contributed by atoms with Gasteiger partial charge in [0.2, 0.25) is 0 Å². The van der Waals surface area contributed by atoms with E-state index in [4.69, 9.17) is 44.3 Å². The smallest absolute Gasteiger partial charge is 0.175 e. The molecule has 3 aromatic rings. The van der Waals surface area contributed by atoms with Crippen molar-refractivity contribution in [1.29, 1.82) is 0 Å². The van der Waals surface area contributed by atoms with Gasteiger partial charge in [0.15, 0.2) is 11.5 Å². The van der Waals surface area contributed by atoms with Gasteiger partial charge in [-0.1, -0.05) is 59.1 Å². The number of aryl methyl sites for hydroxylation is 1. The van der Waals surface area contributed by atoms with Crippen LogP contribution in [-0.4, -0.2) is 7.11 Å². The first kappa shape index (κ1) is 23.9. The van der Waals surface area contributed by atoms with Crippen molar-refractivity contribution in [2.45, 2.75) is 31.9 Å². The van der Waals surface area contributed by atoms with Crippen molar-refractivity contribution >= 4 is 56.4 Å². The van der Waals surface area contributed by atoms with Crippen LogP contribution in [0.2, 0.25) is 15.1 Å². The van der Waals surface area contributed by atoms with E-state index in [1.807, 2.05) is 12.1 Å². The van der Waals surface area contributed by atoms with Gasteiger partial charge in [0.25, 0.3) is 0 Å². The highest BCUT2D eigenvalue weighted by molar-refractivity contribution is 9.10. The van der Waals surface area contributed by atoms with E-state index in [-0.39, 0.29) is 12.0 Å². The molecule has 0 radical (unpaired) electrons. The van der Waals surface area contributed by atoms with Gasteiger partial charge in [-0.3, -0.25) is 0 Å². The number of hydrogen-bond donors (Lipinski definition) is 1. The fourth-order valence-electron chi connectivity index (χ4n) is 4.99. The average Bonchev–Trinajstić information content (AvgIpc) is 3.30. The zero-order valence-corrected chi connectivity index (χ0v) is 22.5. The lowest BCUT2D eigenvalue weighted by Crippen LogP contribution is -2.30. The summed E-state index contributed by atoms with van der Waals surface area (Å²) in [6.07, 6.45) is 5.54. The van der Waals surface area contributed by atoms with Crippen LogP contribution >= 0.6 is 50.7 Å². The van der Waals surface area contributed by atoms with Gasteiger partial charge in [0, 0.05) is 37.8 Å². The molecule has 1 heterocycles. The van der Waals surface area contributed by atoms with Gasteiger partial charge < -0.3 is 14.8 Å². The number of ether oxygens (including phenoxy) is 2. The zero-order chi connectivity index (χ0) is 24.0. The Labute approximate surface area is 223 Å². The second-order valence-electron chi connectivity index (χ2n) is 8.69. The van der Waals surface area contributed by atoms with E-state index in [0.717, 1.165) is 32.7 Å². The molecule has 3 aromatic carbocycles. The maximum atomic E-state index is 6.64. The molecule has 7 heteroatoms. The molecule has 2 aliphatic rings. The van der Waals surface area contributed by atoms with E-state index in [9.17, 15) is 0 Å². The minimum absolute atomic E-state index is 0.106. The van der Waals surface area contributed by atoms with E-state index < -0.39 is 0 Å². The van der Waals surface area contributed by atoms with Crippen molar-refractivity contribution in [3.8, 4) is 11.5 Å². The fraction of sp³-hybridized carbons (Fsp3) is 0.259. The number of anilines is 1. The Morgan fingerprint density at radius 3 is 2.65 bits per heavy atom. The molecule has 1 N–H and O–H groups in total. The maximum Gasteiger partial charge on any atom is 0.175 e. The maximum absolute atomic E-state index is 6.64. The average molecular weight is 580 g/mol. The monoisotopic (exact) mass is 577 g/mol. The number of fused-ring (bicyclic) bond motifs is 3. The number of hydrogen-bond acceptors (Lipinski definition) is 3. The molecule has 1 aliphatic heterocycles. The topological polar surface area (TPSA) is 30.5 Å². The second-order valence-corrected chi connectivity index (χ2v) is 10.8. The first-order valence-electron chi connectivity index (χ1n) is 11.0. The van der Waals surface area contributed by atoms with Crippen molar-refractivity contribution in [2.24, 2.45) is 5.92 Å². The lowest BCUT2D eigenvalue weighted by molar-refractivity contribution is 0.282. The van der Waals surface area contributed by atoms with Gasteiger partial charge in [0.1, 0.15) is 6.61 Å². The predicted octanol–water partition coefficient (Wildman–Crippen LogP) is 9.13. The highest BCUT2D eigenvalue weighted by Crippen LogP contribution is 2.53. The molecule has 1 aliphatic carbocycles. The molecule has 0 saturated carbocycles. The summed E-state index contributed by atoms with van der Waals surface area (Å²) < 4.78 is 12.7. The summed E-state index contributed by atoms with van der Waals surface area (Å²) in [6.45, 7) is 2.42. The van der Waals surface area contributed by atoms with Gasteiger partial charge in [0.05, 0.1) is 17.6 Å². The lowest BCUT2D eigenvalue weighted by atomic mass is 9.76. The van der Waals surface area contributed by atoms with Crippen molar-refractivity contribution in [2.75, 3.05) is 12.4 Å². The molecule has 0 bridgehead atoms. The molecule has 0 fully saturated rings. The Morgan fingerprint density at radius 2 is 1.88 bits per heavy atom. The third-order valence-corrected chi connectivity index (χ3v) is 8.18. The van der Waals surface area contributed by atoms with Crippen LogP contribution in [0.3, 0.4) is 0 Å². The second kappa shape index (κ2) is 9.66. The Hall–Kier alpha value is -1.85. The van der Waals surface area contributed by atoms with Crippen molar-refractivity contribution in [1.82, 2.24) is 0 Å². The summed E-state index contributed by atoms with van der Waals surface area (Å²) in [4.78, 5) is 0. The minimum Gasteiger partial charge on any atom is -0.493 e. The summed E-state index contributed by atoms with van der Waals surface area (Å²) in [5.41, 5.74) is 5.49. The van der Waals surface area contributed by atoms with Gasteiger partial charge in [-0.2, -0.15) is 0 Å². The molecule has 0 amide bonds. The van der Waals surface area contributed by atoms with Crippen molar-refractivity contribution < 1.29 is 9.47 Å². The van der Waals surface area contributed by atoms with E-state index in [1.54, 1.807) is 19.2 Å². The number of halogens is 4. The third-order valence-electron chi connectivity index (χ3n) is 6.67. The molecule has 3 nitrogen and oxygen atoms in total. The van der Waals surface area contributed by atoms with E-state index in [0.29, 0.717) is 34.1 Å². The molecule has 0 spiro atoms. The van der Waals surface area contributed by atoms with Crippen LogP contribution in [0.25, 0.3) is 0 Å². The standard InChI is InChI=1S/C27H23BrCl3NO2/c1-14-6-9-21(30)24-18-4-3-5-19(18)26(32-25(14)24)16-10-20(28)27(23(11-16)33-2)34-13-15-7-8-17(29)12-22(15)31/h3-4,6-12,18-19,26,32H,5,13H2,1-2H3/t18-,19+,26+/m1/s1. The molecule has 34 heavy (non-hydrogen) atoms. The van der Waals surface area contributed by atoms with E-state index >= 15 is 0 Å². The fourth-order valence-corrected chi connectivity index (χ4v) is 6.31. The van der Waals surface area contributed by atoms with Crippen LogP contribution in [0, 0.1) is 12.8 Å². The number of nitrogens with one attached hydrogen (secondary N) is 1. The van der Waals surface area contributed by atoms with Crippen LogP contribution in [0.4, 0.5) is 5.69 Å². The Kier molecular flexibility index (Phi) is 6.78. The molecular weight excluding hydrogens is 557 g/mol. The summed E-state index contributed by atoms with van der Waals surface area (Å²) in [5, 5.41) is 5.77. The number of rotatable bonds is 5. The SMILES string of the molecule is COc1cc([C@@H]2Nc3c(C)ccc(Cl)c3[C@@H]3C=CC[C@@H]32)cc(Br)c1OCc1ccc(Cl)cc1Cl. The van der Waals surface area contributed by atoms with Gasteiger partial charge >= 0.3 is 0 Å². The van der Waals surface area contributed by atoms with Gasteiger partial charge in [-0.15, -0.1) is 0 Å². The van der Waals surface area contributed by atoms with Crippen LogP contribution in [0.5, 0.6) is 11.5 Å². The summed E-state index contributed by atoms with van der Waals surface area (Å²) in [7, 11) is 1.65. The highest BCUT2D eigenvalue weighted by atomic mass is 79.9. The molecule has 176 valence electrons. The summed E-state index contributed by atoms with van der Waals surface area (Å²) in [6, 6.07) is 13.7. The van der Waals surface area contributed by atoms with E-state index in [2.05, 4.69) is 58.5 Å². The largest absolute Gasteiger partial charge is 0.493 e. The molecule has 0 aromatic heterocycles. The van der Waals surface area contributed by atoms with Gasteiger partial charge in [-0.05, 0) is 76.7 Å². The Morgan fingerprint density at radius 1 is 1.06 bits per heavy atom. The first-order valence-corrected chi connectivity index (χ1v) is 13.0. The quantitative estimate of drug-likeness (QED) is 0.306. The lowest BCUT2D eigenvalue weighted by Gasteiger charge is -2.39. The van der Waals surface area contributed by atoms with Crippen LogP contribution in [0.1, 0.15) is 40.6 Å². The predicted molar refractivity (Wildman–Crippen MR) is 144 cm³/mol. The Balaban J connectivity index is 1.48. The number of methoxy groups -OCH3 is 1. The molecule has 0 saturated heterocycles. The van der Waals surface area contributed by atoms with Crippen LogP contribution < -0.4 is 14.8 Å². The number of allylic oxidation sites excluding steroid dienone is 2. The number of benzene rings is 3. The Bertz CT molecular complexity index is 1290. The van der Waals surface area contributed by atoms with Crippen LogP contribution in [0.15, 0.2) is 59.1 Å². The van der Waals surface area contributed by atoms with E-state index in [1.165, 1.54) is 11.1 Å². The first-order chi connectivity index (χ1) is 16.4. The molecular formula is C27H23BrCl3NO2.